The van der Waals surface area contributed by atoms with Crippen molar-refractivity contribution in [2.24, 2.45) is 0 Å². The van der Waals surface area contributed by atoms with Crippen molar-refractivity contribution in [1.29, 1.82) is 5.26 Å². The predicted octanol–water partition coefficient (Wildman–Crippen LogP) is 1.94. The van der Waals surface area contributed by atoms with E-state index in [1.165, 1.54) is 12.1 Å². The zero-order valence-electron chi connectivity index (χ0n) is 11.5. The molecule has 0 saturated carbocycles. The average molecular weight is 284 g/mol. The first-order valence-corrected chi connectivity index (χ1v) is 6.25. The van der Waals surface area contributed by atoms with Gasteiger partial charge in [-0.25, -0.2) is 14.6 Å². The standard InChI is InChI=1S/C15H12N2O4/c1-3-20-13(18)5-4-12-17-14-9(2)6-10(8-16)7-11(14)15(19)21-12/h4-7H,3H2,1-2H3. The molecule has 0 N–H and O–H groups in total. The maximum absolute atomic E-state index is 11.9. The Bertz CT molecular complexity index is 828. The molecule has 2 rings (SSSR count). The van der Waals surface area contributed by atoms with Crippen LogP contribution in [0, 0.1) is 18.3 Å². The second kappa shape index (κ2) is 6.01. The number of rotatable bonds is 3. The Morgan fingerprint density at radius 3 is 2.95 bits per heavy atom. The third kappa shape index (κ3) is 3.15. The third-order valence-electron chi connectivity index (χ3n) is 2.72. The molecule has 6 nitrogen and oxygen atoms in total. The van der Waals surface area contributed by atoms with Crippen molar-refractivity contribution < 1.29 is 13.9 Å². The lowest BCUT2D eigenvalue weighted by atomic mass is 10.1. The molecule has 1 heterocycles. The molecular formula is C15H12N2O4. The van der Waals surface area contributed by atoms with Crippen LogP contribution in [-0.2, 0) is 9.53 Å². The molecule has 0 unspecified atom stereocenters. The number of hydrogen-bond acceptors (Lipinski definition) is 6. The van der Waals surface area contributed by atoms with Crippen LogP contribution in [0.15, 0.2) is 27.4 Å². The molecule has 2 aromatic rings. The number of aromatic nitrogens is 1. The van der Waals surface area contributed by atoms with Gasteiger partial charge in [0, 0.05) is 12.2 Å². The minimum atomic E-state index is -0.608. The number of carbonyl (C=O) groups is 1. The summed E-state index contributed by atoms with van der Waals surface area (Å²) in [6, 6.07) is 5.04. The molecule has 0 spiro atoms. The zero-order valence-corrected chi connectivity index (χ0v) is 11.5. The SMILES string of the molecule is CCOC(=O)C=Cc1nc2c(C)cc(C#N)cc2c(=O)o1. The normalized spacial score (nSPS) is 10.7. The molecule has 1 aromatic carbocycles. The van der Waals surface area contributed by atoms with Gasteiger partial charge in [-0.05, 0) is 31.5 Å². The number of aryl methyl sites for hydroxylation is 1. The number of benzene rings is 1. The Labute approximate surface area is 120 Å². The number of ether oxygens (including phenoxy) is 1. The van der Waals surface area contributed by atoms with E-state index in [1.54, 1.807) is 19.9 Å². The second-order valence-corrected chi connectivity index (χ2v) is 4.23. The van der Waals surface area contributed by atoms with E-state index in [0.717, 1.165) is 6.08 Å². The van der Waals surface area contributed by atoms with Crippen LogP contribution in [0.4, 0.5) is 0 Å². The second-order valence-electron chi connectivity index (χ2n) is 4.23. The highest BCUT2D eigenvalue weighted by Gasteiger charge is 2.09. The molecular weight excluding hydrogens is 272 g/mol. The fourth-order valence-corrected chi connectivity index (χ4v) is 1.83. The Kier molecular flexibility index (Phi) is 4.14. The van der Waals surface area contributed by atoms with Crippen LogP contribution >= 0.6 is 0 Å². The number of fused-ring (bicyclic) bond motifs is 1. The van der Waals surface area contributed by atoms with Gasteiger partial charge in [0.15, 0.2) is 0 Å². The van der Waals surface area contributed by atoms with Crippen LogP contribution < -0.4 is 5.63 Å². The van der Waals surface area contributed by atoms with Crippen molar-refractivity contribution in [3.8, 4) is 6.07 Å². The monoisotopic (exact) mass is 284 g/mol. The number of nitriles is 1. The van der Waals surface area contributed by atoms with Crippen molar-refractivity contribution in [3.05, 3.63) is 45.6 Å². The van der Waals surface area contributed by atoms with E-state index in [2.05, 4.69) is 4.98 Å². The highest BCUT2D eigenvalue weighted by atomic mass is 16.5. The van der Waals surface area contributed by atoms with Gasteiger partial charge in [-0.2, -0.15) is 5.26 Å². The summed E-state index contributed by atoms with van der Waals surface area (Å²) in [5, 5.41) is 9.13. The van der Waals surface area contributed by atoms with Crippen LogP contribution in [0.5, 0.6) is 0 Å². The predicted molar refractivity (Wildman–Crippen MR) is 75.4 cm³/mol. The summed E-state index contributed by atoms with van der Waals surface area (Å²) in [5.41, 5.74) is 0.879. The fourth-order valence-electron chi connectivity index (χ4n) is 1.83. The summed E-state index contributed by atoms with van der Waals surface area (Å²) in [4.78, 5) is 27.3. The number of nitrogens with zero attached hydrogens (tertiary/aromatic N) is 2. The summed E-state index contributed by atoms with van der Waals surface area (Å²) >= 11 is 0. The molecule has 0 aliphatic carbocycles. The van der Waals surface area contributed by atoms with Crippen LogP contribution in [-0.4, -0.2) is 17.6 Å². The van der Waals surface area contributed by atoms with Crippen LogP contribution in [0.25, 0.3) is 17.0 Å². The fraction of sp³-hybridized carbons (Fsp3) is 0.200. The van der Waals surface area contributed by atoms with E-state index in [0.29, 0.717) is 16.6 Å². The van der Waals surface area contributed by atoms with Gasteiger partial charge in [0.2, 0.25) is 5.89 Å². The first kappa shape index (κ1) is 14.5. The molecule has 0 atom stereocenters. The molecule has 0 bridgehead atoms. The van der Waals surface area contributed by atoms with Gasteiger partial charge in [-0.1, -0.05) is 0 Å². The summed E-state index contributed by atoms with van der Waals surface area (Å²) in [7, 11) is 0. The average Bonchev–Trinajstić information content (AvgIpc) is 2.46. The maximum Gasteiger partial charge on any atom is 0.347 e. The molecule has 6 heteroatoms. The van der Waals surface area contributed by atoms with Crippen LogP contribution in [0.2, 0.25) is 0 Å². The Morgan fingerprint density at radius 2 is 2.29 bits per heavy atom. The lowest BCUT2D eigenvalue weighted by Gasteiger charge is -2.02. The van der Waals surface area contributed by atoms with Gasteiger partial charge < -0.3 is 9.15 Å². The van der Waals surface area contributed by atoms with E-state index < -0.39 is 11.6 Å². The van der Waals surface area contributed by atoms with Crippen LogP contribution in [0.1, 0.15) is 23.9 Å². The molecule has 21 heavy (non-hydrogen) atoms. The highest BCUT2D eigenvalue weighted by molar-refractivity contribution is 5.87. The minimum Gasteiger partial charge on any atom is -0.463 e. The van der Waals surface area contributed by atoms with Gasteiger partial charge in [-0.3, -0.25) is 0 Å². The third-order valence-corrected chi connectivity index (χ3v) is 2.72. The summed E-state index contributed by atoms with van der Waals surface area (Å²) < 4.78 is 9.73. The van der Waals surface area contributed by atoms with Gasteiger partial charge >= 0.3 is 11.6 Å². The summed E-state index contributed by atoms with van der Waals surface area (Å²) in [6.45, 7) is 3.69. The van der Waals surface area contributed by atoms with E-state index in [9.17, 15) is 9.59 Å². The molecule has 0 radical (unpaired) electrons. The molecule has 1 aromatic heterocycles. The van der Waals surface area contributed by atoms with Crippen molar-refractivity contribution in [2.45, 2.75) is 13.8 Å². The Balaban J connectivity index is 2.51. The van der Waals surface area contributed by atoms with E-state index >= 15 is 0 Å². The summed E-state index contributed by atoms with van der Waals surface area (Å²) in [5.74, 6) is -0.535. The number of esters is 1. The lowest BCUT2D eigenvalue weighted by Crippen LogP contribution is -2.05. The highest BCUT2D eigenvalue weighted by Crippen LogP contribution is 2.16. The molecule has 0 amide bonds. The first-order chi connectivity index (χ1) is 10.0. The van der Waals surface area contributed by atoms with Gasteiger partial charge in [-0.15, -0.1) is 0 Å². The minimum absolute atomic E-state index is 0.00774. The molecule has 0 saturated heterocycles. The van der Waals surface area contributed by atoms with Gasteiger partial charge in [0.25, 0.3) is 0 Å². The van der Waals surface area contributed by atoms with Crippen molar-refractivity contribution in [1.82, 2.24) is 4.98 Å². The largest absolute Gasteiger partial charge is 0.463 e. The molecule has 0 aliphatic heterocycles. The topological polar surface area (TPSA) is 93.2 Å². The maximum atomic E-state index is 11.9. The van der Waals surface area contributed by atoms with Crippen LogP contribution in [0.3, 0.4) is 0 Å². The van der Waals surface area contributed by atoms with Crippen molar-refractivity contribution in [2.75, 3.05) is 6.61 Å². The van der Waals surface area contributed by atoms with Crippen molar-refractivity contribution in [3.63, 3.8) is 0 Å². The molecule has 106 valence electrons. The van der Waals surface area contributed by atoms with E-state index in [1.807, 2.05) is 6.07 Å². The van der Waals surface area contributed by atoms with E-state index in [-0.39, 0.29) is 17.9 Å². The van der Waals surface area contributed by atoms with Gasteiger partial charge in [0.1, 0.15) is 0 Å². The zero-order chi connectivity index (χ0) is 15.4. The Morgan fingerprint density at radius 1 is 1.52 bits per heavy atom. The van der Waals surface area contributed by atoms with E-state index in [4.69, 9.17) is 14.4 Å². The van der Waals surface area contributed by atoms with Crippen molar-refractivity contribution >= 4 is 22.9 Å². The lowest BCUT2D eigenvalue weighted by molar-refractivity contribution is -0.137. The number of hydrogen-bond donors (Lipinski definition) is 0. The number of carbonyl (C=O) groups excluding carboxylic acids is 1. The molecule has 0 aliphatic rings. The Hall–Kier alpha value is -2.94. The quantitative estimate of drug-likeness (QED) is 0.631. The first-order valence-electron chi connectivity index (χ1n) is 6.25. The summed E-state index contributed by atoms with van der Waals surface area (Å²) in [6.07, 6.45) is 2.41. The smallest absolute Gasteiger partial charge is 0.347 e. The van der Waals surface area contributed by atoms with Gasteiger partial charge in [0.05, 0.1) is 29.1 Å². The molecule has 0 fully saturated rings.